The number of nitrogens with two attached hydrogens (primary N) is 1. The minimum atomic E-state index is -0.354. The van der Waals surface area contributed by atoms with Crippen LogP contribution in [0.4, 0.5) is 27.9 Å². The minimum Gasteiger partial charge on any atom is -0.374 e. The minimum absolute atomic E-state index is 0.211. The van der Waals surface area contributed by atoms with Crippen LogP contribution in [0.15, 0.2) is 67.4 Å². The predicted molar refractivity (Wildman–Crippen MR) is 130 cm³/mol. The molecule has 4 N–H and O–H groups in total. The second-order valence-electron chi connectivity index (χ2n) is 7.34. The number of halogens is 1. The Morgan fingerprint density at radius 2 is 1.72 bits per heavy atom. The van der Waals surface area contributed by atoms with Gasteiger partial charge in [0.1, 0.15) is 5.82 Å². The molecule has 1 aromatic heterocycles. The first kappa shape index (κ1) is 21.5. The maximum Gasteiger partial charge on any atom is 0.323 e. The molecule has 0 unspecified atom stereocenters. The molecular formula is C23H24ClN7O. The molecule has 0 atom stereocenters. The molecule has 0 aliphatic carbocycles. The maximum absolute atomic E-state index is 12.4. The number of benzene rings is 2. The van der Waals surface area contributed by atoms with Gasteiger partial charge in [0.2, 0.25) is 5.95 Å². The highest BCUT2D eigenvalue weighted by Gasteiger charge is 2.17. The molecule has 0 saturated carbocycles. The third kappa shape index (κ3) is 5.28. The summed E-state index contributed by atoms with van der Waals surface area (Å²) < 4.78 is 0. The number of anilines is 4. The molecule has 2 aromatic carbocycles. The third-order valence-electron chi connectivity index (χ3n) is 5.14. The van der Waals surface area contributed by atoms with Crippen LogP contribution in [0.5, 0.6) is 0 Å². The number of carbonyl (C=O) groups excluding carboxylic acids is 1. The van der Waals surface area contributed by atoms with Crippen LogP contribution in [0.3, 0.4) is 0 Å². The van der Waals surface area contributed by atoms with Crippen molar-refractivity contribution in [2.75, 3.05) is 47.4 Å². The number of aromatic nitrogens is 2. The van der Waals surface area contributed by atoms with E-state index in [1.54, 1.807) is 24.3 Å². The summed E-state index contributed by atoms with van der Waals surface area (Å²) in [6, 6.07) is 15.9. The van der Waals surface area contributed by atoms with Crippen LogP contribution in [0.1, 0.15) is 0 Å². The summed E-state index contributed by atoms with van der Waals surface area (Å²) in [5.41, 5.74) is 8.81. The standard InChI is InChI=1S/C23H24ClN7O/c1-2-30-10-12-31(13-11-30)21-15-20(28-22(25)29-21)16-4-3-5-19(14-16)27-23(32)26-18-8-6-17(24)7-9-18/h2-9,14-15H,1,10-13H2,(H2,25,28,29)(H2,26,27,32). The normalized spacial score (nSPS) is 13.5. The number of hydrogen-bond acceptors (Lipinski definition) is 6. The number of urea groups is 1. The van der Waals surface area contributed by atoms with Crippen molar-refractivity contribution in [1.82, 2.24) is 14.9 Å². The lowest BCUT2D eigenvalue weighted by Gasteiger charge is -2.34. The first-order chi connectivity index (χ1) is 15.5. The zero-order valence-electron chi connectivity index (χ0n) is 17.5. The van der Waals surface area contributed by atoms with Crippen LogP contribution in [-0.2, 0) is 0 Å². The molecule has 9 heteroatoms. The van der Waals surface area contributed by atoms with Crippen LogP contribution in [-0.4, -0.2) is 47.1 Å². The number of hydrogen-bond donors (Lipinski definition) is 3. The van der Waals surface area contributed by atoms with Gasteiger partial charge in [0.15, 0.2) is 0 Å². The lowest BCUT2D eigenvalue weighted by atomic mass is 10.1. The van der Waals surface area contributed by atoms with Crippen molar-refractivity contribution in [1.29, 1.82) is 0 Å². The summed E-state index contributed by atoms with van der Waals surface area (Å²) in [5, 5.41) is 6.22. The fourth-order valence-corrected chi connectivity index (χ4v) is 3.61. The molecule has 1 saturated heterocycles. The molecule has 0 radical (unpaired) electrons. The predicted octanol–water partition coefficient (Wildman–Crippen LogP) is 4.29. The van der Waals surface area contributed by atoms with E-state index in [4.69, 9.17) is 17.3 Å². The summed E-state index contributed by atoms with van der Waals surface area (Å²) in [6.45, 7) is 7.24. The summed E-state index contributed by atoms with van der Waals surface area (Å²) in [5.74, 6) is 0.998. The van der Waals surface area contributed by atoms with E-state index in [1.807, 2.05) is 36.5 Å². The van der Waals surface area contributed by atoms with Crippen molar-refractivity contribution in [2.45, 2.75) is 0 Å². The van der Waals surface area contributed by atoms with Crippen LogP contribution in [0.2, 0.25) is 5.02 Å². The smallest absolute Gasteiger partial charge is 0.323 e. The quantitative estimate of drug-likeness (QED) is 0.537. The molecule has 1 aliphatic heterocycles. The van der Waals surface area contributed by atoms with Crippen molar-refractivity contribution in [2.24, 2.45) is 0 Å². The van der Waals surface area contributed by atoms with E-state index in [1.165, 1.54) is 0 Å². The average molecular weight is 450 g/mol. The number of nitrogens with zero attached hydrogens (tertiary/aromatic N) is 4. The summed E-state index contributed by atoms with van der Waals surface area (Å²) in [4.78, 5) is 25.5. The molecule has 3 aromatic rings. The first-order valence-corrected chi connectivity index (χ1v) is 10.6. The van der Waals surface area contributed by atoms with E-state index >= 15 is 0 Å². The molecule has 1 fully saturated rings. The van der Waals surface area contributed by atoms with Gasteiger partial charge in [0, 0.05) is 54.2 Å². The summed E-state index contributed by atoms with van der Waals surface area (Å²) in [7, 11) is 0. The van der Waals surface area contributed by atoms with E-state index in [2.05, 4.69) is 37.0 Å². The Morgan fingerprint density at radius 3 is 2.44 bits per heavy atom. The lowest BCUT2D eigenvalue weighted by Crippen LogP contribution is -2.44. The monoisotopic (exact) mass is 449 g/mol. The van der Waals surface area contributed by atoms with E-state index < -0.39 is 0 Å². The lowest BCUT2D eigenvalue weighted by molar-refractivity contribution is 0.262. The van der Waals surface area contributed by atoms with Gasteiger partial charge in [-0.1, -0.05) is 30.3 Å². The molecule has 4 rings (SSSR count). The van der Waals surface area contributed by atoms with E-state index in [9.17, 15) is 4.79 Å². The molecular weight excluding hydrogens is 426 g/mol. The molecule has 2 amide bonds. The molecule has 8 nitrogen and oxygen atoms in total. The first-order valence-electron chi connectivity index (χ1n) is 10.2. The topological polar surface area (TPSA) is 99.4 Å². The number of nitrogen functional groups attached to an aromatic ring is 1. The Bertz CT molecular complexity index is 1110. The number of nitrogens with one attached hydrogen (secondary N) is 2. The SMILES string of the molecule is C=CN1CCN(c2cc(-c3cccc(NC(=O)Nc4ccc(Cl)cc4)c3)nc(N)n2)CC1. The number of amides is 2. The fraction of sp³-hybridized carbons (Fsp3) is 0.174. The van der Waals surface area contributed by atoms with Gasteiger partial charge < -0.3 is 26.2 Å². The maximum atomic E-state index is 12.4. The van der Waals surface area contributed by atoms with Crippen LogP contribution in [0, 0.1) is 0 Å². The van der Waals surface area contributed by atoms with Gasteiger partial charge >= 0.3 is 6.03 Å². The zero-order chi connectivity index (χ0) is 22.5. The highest BCUT2D eigenvalue weighted by Crippen LogP contribution is 2.26. The summed E-state index contributed by atoms with van der Waals surface area (Å²) in [6.07, 6.45) is 1.86. The molecule has 1 aliphatic rings. The highest BCUT2D eigenvalue weighted by molar-refractivity contribution is 6.30. The largest absolute Gasteiger partial charge is 0.374 e. The summed E-state index contributed by atoms with van der Waals surface area (Å²) >= 11 is 5.88. The highest BCUT2D eigenvalue weighted by atomic mass is 35.5. The zero-order valence-corrected chi connectivity index (χ0v) is 18.2. The third-order valence-corrected chi connectivity index (χ3v) is 5.40. The second kappa shape index (κ2) is 9.57. The molecule has 0 bridgehead atoms. The van der Waals surface area contributed by atoms with Gasteiger partial charge in [-0.25, -0.2) is 9.78 Å². The van der Waals surface area contributed by atoms with Crippen molar-refractivity contribution < 1.29 is 4.79 Å². The molecule has 164 valence electrons. The molecule has 32 heavy (non-hydrogen) atoms. The molecule has 0 spiro atoms. The van der Waals surface area contributed by atoms with Gasteiger partial charge in [-0.15, -0.1) is 0 Å². The molecule has 2 heterocycles. The van der Waals surface area contributed by atoms with Crippen molar-refractivity contribution in [3.63, 3.8) is 0 Å². The number of rotatable bonds is 5. The van der Waals surface area contributed by atoms with Crippen LogP contribution >= 0.6 is 11.6 Å². The number of carbonyl (C=O) groups is 1. The number of piperazine rings is 1. The van der Waals surface area contributed by atoms with E-state index in [0.29, 0.717) is 22.1 Å². The van der Waals surface area contributed by atoms with Gasteiger partial charge in [0.25, 0.3) is 0 Å². The van der Waals surface area contributed by atoms with Gasteiger partial charge in [-0.2, -0.15) is 4.98 Å². The Morgan fingerprint density at radius 1 is 1.00 bits per heavy atom. The van der Waals surface area contributed by atoms with Crippen LogP contribution < -0.4 is 21.3 Å². The Hall–Kier alpha value is -3.78. The van der Waals surface area contributed by atoms with Crippen molar-refractivity contribution >= 4 is 40.8 Å². The van der Waals surface area contributed by atoms with Crippen LogP contribution in [0.25, 0.3) is 11.3 Å². The fourth-order valence-electron chi connectivity index (χ4n) is 3.48. The van der Waals surface area contributed by atoms with Crippen molar-refractivity contribution in [3.05, 3.63) is 72.4 Å². The Balaban J connectivity index is 1.49. The van der Waals surface area contributed by atoms with Gasteiger partial charge in [0.05, 0.1) is 5.69 Å². The Kier molecular flexibility index (Phi) is 6.42. The van der Waals surface area contributed by atoms with Gasteiger partial charge in [-0.3, -0.25) is 0 Å². The van der Waals surface area contributed by atoms with E-state index in [0.717, 1.165) is 37.6 Å². The Labute approximate surface area is 191 Å². The second-order valence-corrected chi connectivity index (χ2v) is 7.78. The van der Waals surface area contributed by atoms with Crippen molar-refractivity contribution in [3.8, 4) is 11.3 Å². The average Bonchev–Trinajstić information content (AvgIpc) is 2.80. The van der Waals surface area contributed by atoms with Gasteiger partial charge in [-0.05, 0) is 42.6 Å². The van der Waals surface area contributed by atoms with E-state index in [-0.39, 0.29) is 12.0 Å².